The van der Waals surface area contributed by atoms with E-state index in [9.17, 15) is 4.79 Å². The van der Waals surface area contributed by atoms with Crippen LogP contribution in [0.3, 0.4) is 0 Å². The summed E-state index contributed by atoms with van der Waals surface area (Å²) in [7, 11) is 0. The van der Waals surface area contributed by atoms with Crippen LogP contribution in [0.2, 0.25) is 5.02 Å². The van der Waals surface area contributed by atoms with Crippen LogP contribution in [0.4, 0.5) is 0 Å². The van der Waals surface area contributed by atoms with E-state index in [-0.39, 0.29) is 11.0 Å². The molecule has 0 N–H and O–H groups in total. The third kappa shape index (κ3) is 2.37. The molecule has 2 aromatic carbocycles. The van der Waals surface area contributed by atoms with E-state index in [1.165, 1.54) is 0 Å². The van der Waals surface area contributed by atoms with Crippen molar-refractivity contribution in [2.24, 2.45) is 0 Å². The molecule has 1 aliphatic rings. The lowest BCUT2D eigenvalue weighted by molar-refractivity contribution is 0.1000. The maximum absolute atomic E-state index is 12.5. The maximum atomic E-state index is 12.5. The Bertz CT molecular complexity index is 825. The fraction of sp³-hybridized carbons (Fsp3) is 0.125. The highest BCUT2D eigenvalue weighted by molar-refractivity contribution is 8.02. The van der Waals surface area contributed by atoms with E-state index in [0.29, 0.717) is 5.02 Å². The molecular weight excluding hydrogens is 322 g/mol. The van der Waals surface area contributed by atoms with Crippen LogP contribution in [0, 0.1) is 0 Å². The Morgan fingerprint density at radius 1 is 1.24 bits per heavy atom. The molecule has 1 aliphatic carbocycles. The molecule has 0 saturated heterocycles. The number of carbonyl (C=O) groups excluding carboxylic acids is 1. The third-order valence-corrected chi connectivity index (χ3v) is 6.12. The zero-order valence-electron chi connectivity index (χ0n) is 10.9. The van der Waals surface area contributed by atoms with Crippen LogP contribution in [0.15, 0.2) is 46.8 Å². The van der Waals surface area contributed by atoms with Crippen molar-refractivity contribution in [3.05, 3.63) is 58.6 Å². The Morgan fingerprint density at radius 3 is 2.95 bits per heavy atom. The van der Waals surface area contributed by atoms with Gasteiger partial charge in [-0.15, -0.1) is 11.3 Å². The molecule has 0 bridgehead atoms. The number of Topliss-reactive ketones (excluding diaryl/α,β-unsaturated/α-hetero) is 1. The lowest BCUT2D eigenvalue weighted by Crippen LogP contribution is -2.10. The van der Waals surface area contributed by atoms with E-state index in [0.717, 1.165) is 32.1 Å². The summed E-state index contributed by atoms with van der Waals surface area (Å²) in [5, 5.41) is 0.534. The summed E-state index contributed by atoms with van der Waals surface area (Å²) in [5.74, 6) is 0.164. The van der Waals surface area contributed by atoms with Crippen molar-refractivity contribution in [1.29, 1.82) is 0 Å². The number of thiazole rings is 1. The number of aromatic nitrogens is 1. The molecule has 0 fully saturated rings. The number of halogens is 1. The first-order valence-electron chi connectivity index (χ1n) is 6.55. The lowest BCUT2D eigenvalue weighted by atomic mass is 10.1. The van der Waals surface area contributed by atoms with E-state index in [4.69, 9.17) is 11.6 Å². The maximum Gasteiger partial charge on any atom is 0.176 e. The molecule has 1 unspecified atom stereocenters. The van der Waals surface area contributed by atoms with Crippen molar-refractivity contribution < 1.29 is 4.79 Å². The highest BCUT2D eigenvalue weighted by Crippen LogP contribution is 2.38. The Hall–Kier alpha value is -1.36. The number of benzene rings is 2. The highest BCUT2D eigenvalue weighted by Gasteiger charge is 2.32. The number of thioether (sulfide) groups is 1. The van der Waals surface area contributed by atoms with Gasteiger partial charge < -0.3 is 0 Å². The predicted molar refractivity (Wildman–Crippen MR) is 88.8 cm³/mol. The van der Waals surface area contributed by atoms with Crippen LogP contribution in [-0.2, 0) is 6.42 Å². The first kappa shape index (κ1) is 13.3. The Morgan fingerprint density at radius 2 is 2.10 bits per heavy atom. The molecular formula is C16H10ClNOS2. The minimum absolute atomic E-state index is 0.0842. The lowest BCUT2D eigenvalue weighted by Gasteiger charge is -2.03. The van der Waals surface area contributed by atoms with E-state index < -0.39 is 0 Å². The van der Waals surface area contributed by atoms with Crippen molar-refractivity contribution in [1.82, 2.24) is 4.98 Å². The molecule has 0 spiro atoms. The van der Waals surface area contributed by atoms with Gasteiger partial charge in [-0.25, -0.2) is 4.98 Å². The van der Waals surface area contributed by atoms with Gasteiger partial charge >= 0.3 is 0 Å². The van der Waals surface area contributed by atoms with Gasteiger partial charge in [0, 0.05) is 10.6 Å². The summed E-state index contributed by atoms with van der Waals surface area (Å²) in [6, 6.07) is 13.6. The van der Waals surface area contributed by atoms with Gasteiger partial charge in [0.2, 0.25) is 0 Å². The zero-order chi connectivity index (χ0) is 14.4. The molecule has 3 aromatic rings. The summed E-state index contributed by atoms with van der Waals surface area (Å²) in [4.78, 5) is 17.1. The van der Waals surface area contributed by atoms with Gasteiger partial charge in [-0.1, -0.05) is 41.6 Å². The molecule has 1 heterocycles. The second-order valence-electron chi connectivity index (χ2n) is 4.92. The first-order chi connectivity index (χ1) is 10.2. The Balaban J connectivity index is 1.63. The number of hydrogen-bond acceptors (Lipinski definition) is 4. The molecule has 5 heteroatoms. The molecule has 1 atom stereocenters. The van der Waals surface area contributed by atoms with Crippen molar-refractivity contribution >= 4 is 50.7 Å². The fourth-order valence-electron chi connectivity index (χ4n) is 2.54. The molecule has 4 rings (SSSR count). The molecule has 0 aliphatic heterocycles. The van der Waals surface area contributed by atoms with Gasteiger partial charge in [-0.05, 0) is 36.2 Å². The monoisotopic (exact) mass is 331 g/mol. The second-order valence-corrected chi connectivity index (χ2v) is 7.84. The van der Waals surface area contributed by atoms with Gasteiger partial charge in [0.05, 0.1) is 15.5 Å². The van der Waals surface area contributed by atoms with Crippen LogP contribution in [0.5, 0.6) is 0 Å². The van der Waals surface area contributed by atoms with Crippen LogP contribution in [0.25, 0.3) is 10.2 Å². The van der Waals surface area contributed by atoms with Gasteiger partial charge in [0.1, 0.15) is 0 Å². The van der Waals surface area contributed by atoms with Gasteiger partial charge in [0.15, 0.2) is 10.1 Å². The molecule has 1 aromatic heterocycles. The van der Waals surface area contributed by atoms with Gasteiger partial charge in [0.25, 0.3) is 0 Å². The summed E-state index contributed by atoms with van der Waals surface area (Å²) in [5.41, 5.74) is 2.85. The number of para-hydroxylation sites is 1. The molecule has 0 radical (unpaired) electrons. The number of nitrogens with zero attached hydrogens (tertiary/aromatic N) is 1. The summed E-state index contributed by atoms with van der Waals surface area (Å²) in [6.45, 7) is 0. The molecule has 0 saturated carbocycles. The SMILES string of the molecule is O=C1c2cc(Cl)ccc2CC1Sc1nc2ccccc2s1. The highest BCUT2D eigenvalue weighted by atomic mass is 35.5. The van der Waals surface area contributed by atoms with Crippen LogP contribution >= 0.6 is 34.7 Å². The normalized spacial score (nSPS) is 17.4. The van der Waals surface area contributed by atoms with Gasteiger partial charge in [-0.3, -0.25) is 4.79 Å². The predicted octanol–water partition coefficient (Wildman–Crippen LogP) is 4.85. The molecule has 21 heavy (non-hydrogen) atoms. The first-order valence-corrected chi connectivity index (χ1v) is 8.63. The summed E-state index contributed by atoms with van der Waals surface area (Å²) in [6.07, 6.45) is 0.756. The second kappa shape index (κ2) is 5.13. The Labute approximate surface area is 135 Å². The van der Waals surface area contributed by atoms with Crippen LogP contribution in [0.1, 0.15) is 15.9 Å². The smallest absolute Gasteiger partial charge is 0.176 e. The third-order valence-electron chi connectivity index (χ3n) is 3.55. The number of fused-ring (bicyclic) bond motifs is 2. The quantitative estimate of drug-likeness (QED) is 0.672. The minimum Gasteiger partial charge on any atom is -0.293 e. The average Bonchev–Trinajstić information content (AvgIpc) is 3.01. The van der Waals surface area contributed by atoms with Crippen molar-refractivity contribution in [3.63, 3.8) is 0 Å². The molecule has 104 valence electrons. The largest absolute Gasteiger partial charge is 0.293 e. The van der Waals surface area contributed by atoms with Crippen molar-refractivity contribution in [2.75, 3.05) is 0 Å². The average molecular weight is 332 g/mol. The van der Waals surface area contributed by atoms with Crippen LogP contribution in [-0.4, -0.2) is 16.0 Å². The van der Waals surface area contributed by atoms with E-state index in [2.05, 4.69) is 11.1 Å². The number of ketones is 1. The Kier molecular flexibility index (Phi) is 3.25. The zero-order valence-corrected chi connectivity index (χ0v) is 13.3. The van der Waals surface area contributed by atoms with Crippen molar-refractivity contribution in [2.45, 2.75) is 16.0 Å². The number of carbonyl (C=O) groups is 1. The summed E-state index contributed by atoms with van der Waals surface area (Å²) < 4.78 is 2.11. The minimum atomic E-state index is -0.0842. The van der Waals surface area contributed by atoms with Gasteiger partial charge in [-0.2, -0.15) is 0 Å². The number of hydrogen-bond donors (Lipinski definition) is 0. The van der Waals surface area contributed by atoms with E-state index >= 15 is 0 Å². The van der Waals surface area contributed by atoms with Crippen molar-refractivity contribution in [3.8, 4) is 0 Å². The topological polar surface area (TPSA) is 30.0 Å². The van der Waals surface area contributed by atoms with Crippen LogP contribution < -0.4 is 0 Å². The number of rotatable bonds is 2. The molecule has 0 amide bonds. The molecule has 2 nitrogen and oxygen atoms in total. The standard InChI is InChI=1S/C16H10ClNOS2/c17-10-6-5-9-7-14(15(19)11(9)8-10)21-16-18-12-3-1-2-4-13(12)20-16/h1-6,8,14H,7H2. The van der Waals surface area contributed by atoms with E-state index in [1.54, 1.807) is 29.2 Å². The van der Waals surface area contributed by atoms with E-state index in [1.807, 2.05) is 30.3 Å². The summed E-state index contributed by atoms with van der Waals surface area (Å²) >= 11 is 9.18. The fourth-order valence-corrected chi connectivity index (χ4v) is 5.11.